The van der Waals surface area contributed by atoms with E-state index in [2.05, 4.69) is 6.92 Å². The summed E-state index contributed by atoms with van der Waals surface area (Å²) < 4.78 is 0. The van der Waals surface area contributed by atoms with Crippen LogP contribution in [-0.2, 0) is 0 Å². The van der Waals surface area contributed by atoms with Gasteiger partial charge in [-0.15, -0.1) is 12.4 Å². The lowest BCUT2D eigenvalue weighted by atomic mass is 10.0. The zero-order valence-electron chi connectivity index (χ0n) is 13.0. The van der Waals surface area contributed by atoms with Crippen LogP contribution in [0.25, 0.3) is 0 Å². The van der Waals surface area contributed by atoms with Crippen LogP contribution in [0.5, 0.6) is 0 Å². The summed E-state index contributed by atoms with van der Waals surface area (Å²) >= 11 is 0. The Kier molecular flexibility index (Phi) is 29.7. The number of unbranched alkanes of at least 4 members (excludes halogenated alkanes) is 13. The van der Waals surface area contributed by atoms with Crippen LogP contribution >= 0.6 is 12.4 Å². The molecule has 19 heavy (non-hydrogen) atoms. The number of halogens is 2. The van der Waals surface area contributed by atoms with E-state index >= 15 is 0 Å². The Hall–Kier alpha value is 0.180. The molecule has 0 aromatic rings. The van der Waals surface area contributed by atoms with Gasteiger partial charge in [0.15, 0.2) is 0 Å². The number of rotatable bonds is 14. The molecule has 2 N–H and O–H groups in total. The second-order valence-corrected chi connectivity index (χ2v) is 5.38. The average Bonchev–Trinajstić information content (AvgIpc) is 2.35. The van der Waals surface area contributed by atoms with Crippen LogP contribution in [0.3, 0.4) is 0 Å². The SMILES string of the molecule is CCCCCCCCCCCCCCCCN.Cl.F. The van der Waals surface area contributed by atoms with Gasteiger partial charge < -0.3 is 5.73 Å². The first-order chi connectivity index (χ1) is 8.41. The molecular formula is C16H37ClFN. The summed E-state index contributed by atoms with van der Waals surface area (Å²) in [4.78, 5) is 0. The van der Waals surface area contributed by atoms with Crippen molar-refractivity contribution in [2.24, 2.45) is 5.73 Å². The van der Waals surface area contributed by atoms with Crippen LogP contribution in [0.2, 0.25) is 0 Å². The maximum Gasteiger partial charge on any atom is -0.00773 e. The van der Waals surface area contributed by atoms with Gasteiger partial charge in [0.2, 0.25) is 0 Å². The van der Waals surface area contributed by atoms with Gasteiger partial charge in [-0.25, -0.2) is 0 Å². The minimum Gasteiger partial charge on any atom is -0.330 e. The third kappa shape index (κ3) is 23.7. The molecule has 0 unspecified atom stereocenters. The standard InChI is InChI=1S/C16H35N.ClH.FH/c1-2-3-4-5-6-7-8-9-10-11-12-13-14-15-16-17;;/h2-17H2,1H3;2*1H. The minimum atomic E-state index is 0. The van der Waals surface area contributed by atoms with E-state index in [-0.39, 0.29) is 17.1 Å². The van der Waals surface area contributed by atoms with Crippen LogP contribution in [0.15, 0.2) is 0 Å². The Morgan fingerprint density at radius 2 is 0.789 bits per heavy atom. The smallest absolute Gasteiger partial charge is 0.00773 e. The van der Waals surface area contributed by atoms with Crippen molar-refractivity contribution in [1.29, 1.82) is 0 Å². The lowest BCUT2D eigenvalue weighted by Gasteiger charge is -2.02. The Balaban J connectivity index is -0.00000128. The summed E-state index contributed by atoms with van der Waals surface area (Å²) in [6, 6.07) is 0. The Morgan fingerprint density at radius 3 is 1.05 bits per heavy atom. The van der Waals surface area contributed by atoms with E-state index < -0.39 is 0 Å². The molecule has 120 valence electrons. The fourth-order valence-corrected chi connectivity index (χ4v) is 2.34. The molecule has 0 saturated heterocycles. The fraction of sp³-hybridized carbons (Fsp3) is 1.00. The highest BCUT2D eigenvalue weighted by Gasteiger charge is 1.93. The van der Waals surface area contributed by atoms with Gasteiger partial charge in [-0.2, -0.15) is 0 Å². The molecule has 0 atom stereocenters. The largest absolute Gasteiger partial charge is 0.330 e. The molecule has 0 bridgehead atoms. The van der Waals surface area contributed by atoms with Gasteiger partial charge in [-0.3, -0.25) is 4.70 Å². The molecule has 0 aliphatic heterocycles. The van der Waals surface area contributed by atoms with Crippen molar-refractivity contribution < 1.29 is 4.70 Å². The number of nitrogens with two attached hydrogens (primary N) is 1. The second-order valence-electron chi connectivity index (χ2n) is 5.38. The first kappa shape index (κ1) is 24.2. The van der Waals surface area contributed by atoms with Gasteiger partial charge in [0.25, 0.3) is 0 Å². The highest BCUT2D eigenvalue weighted by Crippen LogP contribution is 2.12. The topological polar surface area (TPSA) is 26.0 Å². The van der Waals surface area contributed by atoms with Crippen LogP contribution < -0.4 is 5.73 Å². The van der Waals surface area contributed by atoms with E-state index in [0.717, 1.165) is 6.54 Å². The van der Waals surface area contributed by atoms with Gasteiger partial charge in [0, 0.05) is 0 Å². The lowest BCUT2D eigenvalue weighted by Crippen LogP contribution is -1.97. The Labute approximate surface area is 126 Å². The predicted molar refractivity (Wildman–Crippen MR) is 89.1 cm³/mol. The lowest BCUT2D eigenvalue weighted by molar-refractivity contribution is 0.536. The zero-order valence-corrected chi connectivity index (χ0v) is 13.8. The summed E-state index contributed by atoms with van der Waals surface area (Å²) in [6.07, 6.45) is 19.9. The van der Waals surface area contributed by atoms with Gasteiger partial charge in [0.05, 0.1) is 0 Å². The van der Waals surface area contributed by atoms with Crippen molar-refractivity contribution in [3.8, 4) is 0 Å². The molecular weight excluding hydrogens is 261 g/mol. The molecule has 1 nitrogen and oxygen atoms in total. The van der Waals surface area contributed by atoms with Crippen LogP contribution in [0, 0.1) is 0 Å². The first-order valence-electron chi connectivity index (χ1n) is 8.12. The maximum atomic E-state index is 5.47. The normalized spacial score (nSPS) is 9.79. The molecule has 0 rings (SSSR count). The molecule has 0 saturated carbocycles. The third-order valence-corrected chi connectivity index (χ3v) is 3.56. The predicted octanol–water partition coefficient (Wildman–Crippen LogP) is 6.00. The van der Waals surface area contributed by atoms with E-state index in [4.69, 9.17) is 5.73 Å². The zero-order chi connectivity index (χ0) is 12.6. The monoisotopic (exact) mass is 297 g/mol. The van der Waals surface area contributed by atoms with Crippen molar-refractivity contribution in [2.75, 3.05) is 6.54 Å². The second kappa shape index (κ2) is 23.3. The van der Waals surface area contributed by atoms with Gasteiger partial charge in [-0.1, -0.05) is 90.4 Å². The highest BCUT2D eigenvalue weighted by molar-refractivity contribution is 5.85. The van der Waals surface area contributed by atoms with Gasteiger partial charge in [0.1, 0.15) is 0 Å². The molecule has 0 spiro atoms. The Morgan fingerprint density at radius 1 is 0.526 bits per heavy atom. The molecule has 3 heteroatoms. The molecule has 0 aromatic carbocycles. The van der Waals surface area contributed by atoms with E-state index in [1.165, 1.54) is 89.9 Å². The van der Waals surface area contributed by atoms with E-state index in [1.54, 1.807) is 0 Å². The minimum absolute atomic E-state index is 0. The molecule has 0 radical (unpaired) electrons. The molecule has 0 aromatic heterocycles. The van der Waals surface area contributed by atoms with Crippen molar-refractivity contribution in [3.05, 3.63) is 0 Å². The molecule has 0 amide bonds. The van der Waals surface area contributed by atoms with Crippen LogP contribution in [0.1, 0.15) is 96.8 Å². The average molecular weight is 298 g/mol. The van der Waals surface area contributed by atoms with Gasteiger partial charge >= 0.3 is 0 Å². The summed E-state index contributed by atoms with van der Waals surface area (Å²) in [5.74, 6) is 0. The molecule has 0 aliphatic rings. The summed E-state index contributed by atoms with van der Waals surface area (Å²) in [5.41, 5.74) is 5.47. The molecule has 0 aliphatic carbocycles. The van der Waals surface area contributed by atoms with Crippen molar-refractivity contribution in [1.82, 2.24) is 0 Å². The van der Waals surface area contributed by atoms with Gasteiger partial charge in [-0.05, 0) is 13.0 Å². The van der Waals surface area contributed by atoms with Crippen molar-refractivity contribution in [3.63, 3.8) is 0 Å². The molecule has 0 fully saturated rings. The van der Waals surface area contributed by atoms with Crippen molar-refractivity contribution >= 4 is 12.4 Å². The summed E-state index contributed by atoms with van der Waals surface area (Å²) in [5, 5.41) is 0. The molecule has 0 heterocycles. The first-order valence-corrected chi connectivity index (χ1v) is 8.12. The summed E-state index contributed by atoms with van der Waals surface area (Å²) in [7, 11) is 0. The van der Waals surface area contributed by atoms with E-state index in [0.29, 0.717) is 0 Å². The quantitative estimate of drug-likeness (QED) is 0.391. The van der Waals surface area contributed by atoms with E-state index in [9.17, 15) is 0 Å². The third-order valence-electron chi connectivity index (χ3n) is 3.56. The van der Waals surface area contributed by atoms with E-state index in [1.807, 2.05) is 0 Å². The van der Waals surface area contributed by atoms with Crippen molar-refractivity contribution in [2.45, 2.75) is 96.8 Å². The fourth-order valence-electron chi connectivity index (χ4n) is 2.34. The van der Waals surface area contributed by atoms with Crippen LogP contribution in [0.4, 0.5) is 4.70 Å². The summed E-state index contributed by atoms with van der Waals surface area (Å²) in [6.45, 7) is 3.16. The highest BCUT2D eigenvalue weighted by atomic mass is 35.5. The number of hydrogen-bond acceptors (Lipinski definition) is 1. The van der Waals surface area contributed by atoms with Crippen LogP contribution in [-0.4, -0.2) is 6.54 Å². The Bertz CT molecular complexity index is 120. The maximum absolute atomic E-state index is 5.47. The number of hydrogen-bond donors (Lipinski definition) is 1.